The number of alkyl halides is 3. The highest BCUT2D eigenvalue weighted by molar-refractivity contribution is 5.88. The summed E-state index contributed by atoms with van der Waals surface area (Å²) in [6.07, 6.45) is -3.46. The third-order valence-corrected chi connectivity index (χ3v) is 2.32. The molecule has 0 atom stereocenters. The first-order valence-electron chi connectivity index (χ1n) is 4.87. The quantitative estimate of drug-likeness (QED) is 0.891. The molecule has 1 aromatic heterocycles. The van der Waals surface area contributed by atoms with E-state index in [0.29, 0.717) is 0 Å². The maximum atomic E-state index is 12.5. The highest BCUT2D eigenvalue weighted by Crippen LogP contribution is 2.32. The van der Waals surface area contributed by atoms with Crippen molar-refractivity contribution in [2.75, 3.05) is 0 Å². The predicted octanol–water partition coefficient (Wildman–Crippen LogP) is 3.66. The molecule has 3 nitrogen and oxygen atoms in total. The summed E-state index contributed by atoms with van der Waals surface area (Å²) < 4.78 is 42.4. The summed E-state index contributed by atoms with van der Waals surface area (Å²) in [5, 5.41) is 8.69. The van der Waals surface area contributed by atoms with Gasteiger partial charge in [0.25, 0.3) is 0 Å². The van der Waals surface area contributed by atoms with Gasteiger partial charge in [-0.1, -0.05) is 12.1 Å². The van der Waals surface area contributed by atoms with Gasteiger partial charge in [-0.05, 0) is 18.2 Å². The van der Waals surface area contributed by atoms with E-state index in [-0.39, 0.29) is 16.9 Å². The molecule has 0 aliphatic rings. The zero-order valence-electron chi connectivity index (χ0n) is 8.86. The minimum Gasteiger partial charge on any atom is -0.478 e. The molecule has 0 saturated heterocycles. The van der Waals surface area contributed by atoms with E-state index in [0.717, 1.165) is 18.4 Å². The lowest BCUT2D eigenvalue weighted by Crippen LogP contribution is -2.04. The van der Waals surface area contributed by atoms with Crippen LogP contribution in [0.2, 0.25) is 0 Å². The minimum absolute atomic E-state index is 0.0819. The summed E-state index contributed by atoms with van der Waals surface area (Å²) in [7, 11) is 0. The van der Waals surface area contributed by atoms with Crippen LogP contribution < -0.4 is 0 Å². The third kappa shape index (κ3) is 2.37. The molecule has 0 saturated carbocycles. The molecule has 0 aliphatic carbocycles. The molecule has 0 aliphatic heterocycles. The van der Waals surface area contributed by atoms with Crippen LogP contribution in [0.5, 0.6) is 0 Å². The van der Waals surface area contributed by atoms with Crippen LogP contribution in [0.25, 0.3) is 11.3 Å². The predicted molar refractivity (Wildman–Crippen MR) is 56.1 cm³/mol. The van der Waals surface area contributed by atoms with Gasteiger partial charge in [0, 0.05) is 5.56 Å². The van der Waals surface area contributed by atoms with Gasteiger partial charge in [0.15, 0.2) is 0 Å². The Kier molecular flexibility index (Phi) is 2.86. The Hall–Kier alpha value is -2.24. The van der Waals surface area contributed by atoms with Gasteiger partial charge in [-0.15, -0.1) is 0 Å². The van der Waals surface area contributed by atoms with Crippen LogP contribution in [-0.2, 0) is 6.18 Å². The van der Waals surface area contributed by atoms with Crippen LogP contribution >= 0.6 is 0 Å². The standard InChI is InChI=1S/C12H7F3O3/c13-12(14,15)9-3-1-2-7(4-9)10-5-8(6-18-10)11(16)17/h1-6H,(H,16,17). The zero-order chi connectivity index (χ0) is 13.3. The van der Waals surface area contributed by atoms with Crippen molar-refractivity contribution in [1.29, 1.82) is 0 Å². The fourth-order valence-electron chi connectivity index (χ4n) is 1.45. The van der Waals surface area contributed by atoms with Gasteiger partial charge in [-0.25, -0.2) is 4.79 Å². The molecule has 0 spiro atoms. The molecular weight excluding hydrogens is 249 g/mol. The summed E-state index contributed by atoms with van der Waals surface area (Å²) in [5.74, 6) is -1.12. The number of furan rings is 1. The van der Waals surface area contributed by atoms with Crippen molar-refractivity contribution in [3.8, 4) is 11.3 Å². The molecule has 0 radical (unpaired) electrons. The monoisotopic (exact) mass is 256 g/mol. The molecule has 0 bridgehead atoms. The molecule has 1 heterocycles. The van der Waals surface area contributed by atoms with Crippen LogP contribution in [0.3, 0.4) is 0 Å². The lowest BCUT2D eigenvalue weighted by molar-refractivity contribution is -0.137. The molecule has 0 fully saturated rings. The largest absolute Gasteiger partial charge is 0.478 e. The number of carboxylic acid groups (broad SMARTS) is 1. The second kappa shape index (κ2) is 4.21. The minimum atomic E-state index is -4.45. The van der Waals surface area contributed by atoms with Gasteiger partial charge in [0.05, 0.1) is 11.1 Å². The van der Waals surface area contributed by atoms with Gasteiger partial charge in [-0.3, -0.25) is 0 Å². The number of hydrogen-bond acceptors (Lipinski definition) is 2. The van der Waals surface area contributed by atoms with E-state index in [1.165, 1.54) is 18.2 Å². The maximum Gasteiger partial charge on any atom is 0.416 e. The first-order chi connectivity index (χ1) is 8.38. The fraction of sp³-hybridized carbons (Fsp3) is 0.0833. The number of carbonyl (C=O) groups is 1. The fourth-order valence-corrected chi connectivity index (χ4v) is 1.45. The van der Waals surface area contributed by atoms with E-state index in [1.807, 2.05) is 0 Å². The van der Waals surface area contributed by atoms with Gasteiger partial charge in [-0.2, -0.15) is 13.2 Å². The topological polar surface area (TPSA) is 50.4 Å². The molecule has 2 aromatic rings. The average Bonchev–Trinajstić information content (AvgIpc) is 2.77. The Balaban J connectivity index is 2.41. The van der Waals surface area contributed by atoms with Crippen LogP contribution in [0.15, 0.2) is 41.0 Å². The Labute approximate surface area is 99.5 Å². The van der Waals surface area contributed by atoms with Gasteiger partial charge in [0.2, 0.25) is 0 Å². The number of benzene rings is 1. The van der Waals surface area contributed by atoms with E-state index < -0.39 is 17.7 Å². The second-order valence-electron chi connectivity index (χ2n) is 3.58. The number of carboxylic acids is 1. The van der Waals surface area contributed by atoms with Crippen molar-refractivity contribution in [3.05, 3.63) is 47.7 Å². The van der Waals surface area contributed by atoms with E-state index >= 15 is 0 Å². The van der Waals surface area contributed by atoms with E-state index in [9.17, 15) is 18.0 Å². The molecule has 1 aromatic carbocycles. The van der Waals surface area contributed by atoms with Crippen molar-refractivity contribution < 1.29 is 27.5 Å². The lowest BCUT2D eigenvalue weighted by atomic mass is 10.1. The zero-order valence-corrected chi connectivity index (χ0v) is 8.86. The molecule has 0 unspecified atom stereocenters. The SMILES string of the molecule is O=C(O)c1coc(-c2cccc(C(F)(F)F)c2)c1. The highest BCUT2D eigenvalue weighted by Gasteiger charge is 2.30. The summed E-state index contributed by atoms with van der Waals surface area (Å²) >= 11 is 0. The van der Waals surface area contributed by atoms with Crippen molar-refractivity contribution in [2.24, 2.45) is 0 Å². The number of aromatic carboxylic acids is 1. The van der Waals surface area contributed by atoms with Crippen LogP contribution in [-0.4, -0.2) is 11.1 Å². The normalized spacial score (nSPS) is 11.5. The summed E-state index contributed by atoms with van der Waals surface area (Å²) in [5.41, 5.74) is -0.743. The van der Waals surface area contributed by atoms with Crippen LogP contribution in [0.1, 0.15) is 15.9 Å². The lowest BCUT2D eigenvalue weighted by Gasteiger charge is -2.07. The van der Waals surface area contributed by atoms with Gasteiger partial charge < -0.3 is 9.52 Å². The summed E-state index contributed by atoms with van der Waals surface area (Å²) in [4.78, 5) is 10.6. The molecular formula is C12H7F3O3. The van der Waals surface area contributed by atoms with Crippen LogP contribution in [0, 0.1) is 0 Å². The Morgan fingerprint density at radius 3 is 2.50 bits per heavy atom. The van der Waals surface area contributed by atoms with Crippen molar-refractivity contribution in [3.63, 3.8) is 0 Å². The van der Waals surface area contributed by atoms with Crippen LogP contribution in [0.4, 0.5) is 13.2 Å². The molecule has 0 amide bonds. The Morgan fingerprint density at radius 1 is 1.22 bits per heavy atom. The number of halogens is 3. The number of hydrogen-bond donors (Lipinski definition) is 1. The van der Waals surface area contributed by atoms with Gasteiger partial charge in [0.1, 0.15) is 12.0 Å². The molecule has 94 valence electrons. The number of rotatable bonds is 2. The van der Waals surface area contributed by atoms with Crippen molar-refractivity contribution in [1.82, 2.24) is 0 Å². The summed E-state index contributed by atoms with van der Waals surface area (Å²) in [6.45, 7) is 0. The smallest absolute Gasteiger partial charge is 0.416 e. The molecule has 18 heavy (non-hydrogen) atoms. The third-order valence-electron chi connectivity index (χ3n) is 2.32. The second-order valence-corrected chi connectivity index (χ2v) is 3.58. The van der Waals surface area contributed by atoms with Crippen molar-refractivity contribution in [2.45, 2.75) is 6.18 Å². The molecule has 2 rings (SSSR count). The Bertz CT molecular complexity index is 584. The highest BCUT2D eigenvalue weighted by atomic mass is 19.4. The van der Waals surface area contributed by atoms with Crippen molar-refractivity contribution >= 4 is 5.97 Å². The van der Waals surface area contributed by atoms with E-state index in [1.54, 1.807) is 0 Å². The molecule has 6 heteroatoms. The average molecular weight is 256 g/mol. The van der Waals surface area contributed by atoms with E-state index in [4.69, 9.17) is 9.52 Å². The summed E-state index contributed by atoms with van der Waals surface area (Å²) in [6, 6.07) is 5.67. The molecule has 1 N–H and O–H groups in total. The maximum absolute atomic E-state index is 12.5. The Morgan fingerprint density at radius 2 is 1.94 bits per heavy atom. The van der Waals surface area contributed by atoms with Gasteiger partial charge >= 0.3 is 12.1 Å². The van der Waals surface area contributed by atoms with E-state index in [2.05, 4.69) is 0 Å². The first-order valence-corrected chi connectivity index (χ1v) is 4.87. The first kappa shape index (κ1) is 12.2.